The number of esters is 1. The van der Waals surface area contributed by atoms with E-state index in [0.717, 1.165) is 36.7 Å². The molecular weight excluding hydrogens is 725 g/mol. The molecule has 1 aromatic heterocycles. The van der Waals surface area contributed by atoms with E-state index in [1.807, 2.05) is 79.7 Å². The Morgan fingerprint density at radius 2 is 1.81 bits per heavy atom. The van der Waals surface area contributed by atoms with Crippen LogP contribution in [0.3, 0.4) is 0 Å². The molecule has 0 saturated heterocycles. The number of aromatic nitrogens is 1. The maximum absolute atomic E-state index is 14.1. The average Bonchev–Trinajstić information content (AvgIpc) is 3.36. The molecule has 0 bridgehead atoms. The average molecular weight is 760 g/mol. The van der Waals surface area contributed by atoms with Crippen LogP contribution in [0.5, 0.6) is 11.5 Å². The monoisotopic (exact) mass is 759 g/mol. The summed E-state index contributed by atoms with van der Waals surface area (Å²) in [5.74, 6) is 0.717. The highest BCUT2D eigenvalue weighted by Gasteiger charge is 2.33. The zero-order chi connectivity index (χ0) is 33.2. The summed E-state index contributed by atoms with van der Waals surface area (Å²) in [6.45, 7) is 4.14. The highest BCUT2D eigenvalue weighted by molar-refractivity contribution is 14.1. The van der Waals surface area contributed by atoms with E-state index in [2.05, 4.69) is 46.9 Å². The number of nitrogens with zero attached hydrogens (tertiary/aromatic N) is 3. The van der Waals surface area contributed by atoms with Crippen molar-refractivity contribution in [3.8, 4) is 11.5 Å². The smallest absolute Gasteiger partial charge is 0.338 e. The molecule has 0 amide bonds. The van der Waals surface area contributed by atoms with Gasteiger partial charge >= 0.3 is 5.97 Å². The lowest BCUT2D eigenvalue weighted by atomic mass is 9.95. The van der Waals surface area contributed by atoms with Crippen LogP contribution >= 0.6 is 33.9 Å². The Bertz CT molecular complexity index is 2200. The number of methoxy groups -OCH3 is 1. The van der Waals surface area contributed by atoms with E-state index < -0.39 is 12.0 Å². The van der Waals surface area contributed by atoms with E-state index in [9.17, 15) is 9.59 Å². The number of fused-ring (bicyclic) bond motifs is 2. The van der Waals surface area contributed by atoms with Crippen LogP contribution in [-0.4, -0.2) is 38.3 Å². The number of hydrogen-bond donors (Lipinski definition) is 0. The zero-order valence-electron chi connectivity index (χ0n) is 26.7. The molecule has 0 spiro atoms. The van der Waals surface area contributed by atoms with Gasteiger partial charge in [-0.05, 0) is 94.2 Å². The molecule has 4 aromatic carbocycles. The predicted octanol–water partition coefficient (Wildman–Crippen LogP) is 6.21. The third kappa shape index (κ3) is 6.44. The van der Waals surface area contributed by atoms with Crippen LogP contribution < -0.4 is 29.3 Å². The van der Waals surface area contributed by atoms with Crippen LogP contribution in [-0.2, 0) is 16.1 Å². The summed E-state index contributed by atoms with van der Waals surface area (Å²) in [5, 5.41) is 2.30. The molecule has 5 aromatic rings. The number of carbonyl (C=O) groups is 1. The van der Waals surface area contributed by atoms with E-state index >= 15 is 0 Å². The minimum absolute atomic E-state index is 0.217. The highest BCUT2D eigenvalue weighted by Crippen LogP contribution is 2.36. The van der Waals surface area contributed by atoms with Crippen molar-refractivity contribution in [2.45, 2.75) is 26.5 Å². The number of halogens is 1. The molecule has 8 nitrogen and oxygen atoms in total. The van der Waals surface area contributed by atoms with Gasteiger partial charge in [0.25, 0.3) is 5.56 Å². The van der Waals surface area contributed by atoms with E-state index in [4.69, 9.17) is 19.2 Å². The topological polar surface area (TPSA) is 82.4 Å². The van der Waals surface area contributed by atoms with E-state index in [1.54, 1.807) is 25.5 Å². The van der Waals surface area contributed by atoms with Crippen molar-refractivity contribution in [3.05, 3.63) is 130 Å². The second-order valence-corrected chi connectivity index (χ2v) is 13.4. The molecule has 6 rings (SSSR count). The van der Waals surface area contributed by atoms with Gasteiger partial charge < -0.3 is 19.1 Å². The Morgan fingerprint density at radius 1 is 1.06 bits per heavy atom. The van der Waals surface area contributed by atoms with Crippen molar-refractivity contribution < 1.29 is 19.0 Å². The number of benzene rings is 4. The second-order valence-electron chi connectivity index (χ2n) is 11.2. The van der Waals surface area contributed by atoms with Gasteiger partial charge in [-0.1, -0.05) is 65.9 Å². The van der Waals surface area contributed by atoms with Gasteiger partial charge in [0.2, 0.25) is 0 Å². The summed E-state index contributed by atoms with van der Waals surface area (Å²) < 4.78 is 20.4. The molecular formula is C37H34IN3O5S. The van der Waals surface area contributed by atoms with Crippen molar-refractivity contribution in [2.75, 3.05) is 32.7 Å². The summed E-state index contributed by atoms with van der Waals surface area (Å²) >= 11 is 3.52. The maximum Gasteiger partial charge on any atom is 0.338 e. The number of rotatable bonds is 9. The highest BCUT2D eigenvalue weighted by atomic mass is 127. The number of ether oxygens (including phenoxy) is 3. The first-order valence-corrected chi connectivity index (χ1v) is 17.0. The van der Waals surface area contributed by atoms with Crippen LogP contribution in [0.25, 0.3) is 16.8 Å². The van der Waals surface area contributed by atoms with Crippen LogP contribution in [0.15, 0.2) is 99.9 Å². The Kier molecular flexibility index (Phi) is 9.51. The normalized spacial score (nSPS) is 14.5. The number of allylic oxidation sites excluding steroid dienone is 1. The Morgan fingerprint density at radius 3 is 2.53 bits per heavy atom. The molecule has 240 valence electrons. The molecule has 1 aliphatic heterocycles. The summed E-state index contributed by atoms with van der Waals surface area (Å²) in [6, 6.07) is 25.4. The molecule has 2 heterocycles. The molecule has 10 heteroatoms. The van der Waals surface area contributed by atoms with E-state index in [0.29, 0.717) is 38.7 Å². The number of carbonyl (C=O) groups excluding carboxylic acids is 1. The summed E-state index contributed by atoms with van der Waals surface area (Å²) in [4.78, 5) is 34.6. The lowest BCUT2D eigenvalue weighted by Gasteiger charge is -2.25. The van der Waals surface area contributed by atoms with Crippen LogP contribution in [0, 0.1) is 3.57 Å². The predicted molar refractivity (Wildman–Crippen MR) is 195 cm³/mol. The Hall–Kier alpha value is -4.42. The van der Waals surface area contributed by atoms with Crippen LogP contribution in [0.2, 0.25) is 0 Å². The number of hydrogen-bond acceptors (Lipinski definition) is 8. The fraction of sp³-hybridized carbons (Fsp3) is 0.216. The van der Waals surface area contributed by atoms with Crippen molar-refractivity contribution in [3.63, 3.8) is 0 Å². The Balaban J connectivity index is 1.39. The fourth-order valence-electron chi connectivity index (χ4n) is 5.74. The minimum atomic E-state index is -0.678. The largest absolute Gasteiger partial charge is 0.493 e. The standard InChI is InChI=1S/C37H34IN3O5S/c1-6-45-36(43)32-22(2)39-37-41(33(32)25-14-16-27(17-15-25)40(3)4)35(42)31(47-37)20-23-18-29(38)34(30(19-23)44-5)46-21-26-12-9-11-24-10-7-8-13-28(24)26/h7-20,33H,6,21H2,1-5H3. The van der Waals surface area contributed by atoms with Gasteiger partial charge in [-0.25, -0.2) is 9.79 Å². The Labute approximate surface area is 290 Å². The maximum atomic E-state index is 14.1. The SMILES string of the molecule is CCOC(=O)C1=C(C)N=c2sc(=Cc3cc(I)c(OCc4cccc5ccccc45)c(OC)c3)c(=O)n2C1c1ccc(N(C)C)cc1. The number of anilines is 1. The van der Waals surface area contributed by atoms with Crippen molar-refractivity contribution >= 4 is 62.4 Å². The lowest BCUT2D eigenvalue weighted by molar-refractivity contribution is -0.139. The van der Waals surface area contributed by atoms with Gasteiger partial charge in [0.15, 0.2) is 16.3 Å². The molecule has 1 atom stereocenters. The van der Waals surface area contributed by atoms with Crippen LogP contribution in [0.4, 0.5) is 5.69 Å². The summed E-state index contributed by atoms with van der Waals surface area (Å²) in [6.07, 6.45) is 1.83. The number of thiazole rings is 1. The van der Waals surface area contributed by atoms with Crippen LogP contribution in [0.1, 0.15) is 36.6 Å². The van der Waals surface area contributed by atoms with E-state index in [1.165, 1.54) is 11.3 Å². The van der Waals surface area contributed by atoms with Crippen molar-refractivity contribution in [2.24, 2.45) is 4.99 Å². The molecule has 0 aliphatic carbocycles. The van der Waals surface area contributed by atoms with Gasteiger partial charge in [-0.2, -0.15) is 0 Å². The third-order valence-corrected chi connectivity index (χ3v) is 9.83. The minimum Gasteiger partial charge on any atom is -0.493 e. The molecule has 1 aliphatic rings. The van der Waals surface area contributed by atoms with E-state index in [-0.39, 0.29) is 12.2 Å². The first kappa shape index (κ1) is 32.5. The quantitative estimate of drug-likeness (QED) is 0.131. The van der Waals surface area contributed by atoms with Crippen molar-refractivity contribution in [1.29, 1.82) is 0 Å². The van der Waals surface area contributed by atoms with Gasteiger partial charge in [-0.3, -0.25) is 9.36 Å². The third-order valence-electron chi connectivity index (χ3n) is 8.04. The second kappa shape index (κ2) is 13.7. The lowest BCUT2D eigenvalue weighted by Crippen LogP contribution is -2.39. The molecule has 0 radical (unpaired) electrons. The zero-order valence-corrected chi connectivity index (χ0v) is 29.7. The first-order valence-electron chi connectivity index (χ1n) is 15.1. The fourth-order valence-corrected chi connectivity index (χ4v) is 7.57. The van der Waals surface area contributed by atoms with Gasteiger partial charge in [-0.15, -0.1) is 0 Å². The summed E-state index contributed by atoms with van der Waals surface area (Å²) in [5.41, 5.74) is 4.30. The molecule has 1 unspecified atom stereocenters. The van der Waals surface area contributed by atoms with Gasteiger partial charge in [0.1, 0.15) is 6.61 Å². The van der Waals surface area contributed by atoms with Gasteiger partial charge in [0.05, 0.1) is 39.1 Å². The molecule has 0 saturated carbocycles. The first-order chi connectivity index (χ1) is 22.7. The molecule has 0 N–H and O–H groups in total. The summed E-state index contributed by atoms with van der Waals surface area (Å²) in [7, 11) is 5.53. The molecule has 0 fully saturated rings. The van der Waals surface area contributed by atoms with Gasteiger partial charge in [0, 0.05) is 19.8 Å². The van der Waals surface area contributed by atoms with Crippen molar-refractivity contribution in [1.82, 2.24) is 4.57 Å². The molecule has 47 heavy (non-hydrogen) atoms.